The van der Waals surface area contributed by atoms with Crippen LogP contribution in [0.4, 0.5) is 0 Å². The number of halogens is 1. The van der Waals surface area contributed by atoms with Crippen molar-refractivity contribution in [2.24, 2.45) is 0 Å². The smallest absolute Gasteiger partial charge is 0.223 e. The molecule has 27 heavy (non-hydrogen) atoms. The number of nitrogens with one attached hydrogen (secondary N) is 1. The second-order valence-corrected chi connectivity index (χ2v) is 6.67. The molecule has 2 aromatic carbocycles. The summed E-state index contributed by atoms with van der Waals surface area (Å²) in [6.07, 6.45) is 2.16. The van der Waals surface area contributed by atoms with Crippen molar-refractivity contribution in [3.05, 3.63) is 60.4 Å². The third-order valence-corrected chi connectivity index (χ3v) is 4.90. The van der Waals surface area contributed by atoms with Crippen LogP contribution in [0.3, 0.4) is 0 Å². The Kier molecular flexibility index (Phi) is 6.48. The van der Waals surface area contributed by atoms with Gasteiger partial charge in [-0.2, -0.15) is 0 Å². The van der Waals surface area contributed by atoms with E-state index in [1.165, 1.54) is 0 Å². The molecule has 1 saturated heterocycles. The minimum absolute atomic E-state index is 0. The molecule has 4 rings (SSSR count). The van der Waals surface area contributed by atoms with Crippen molar-refractivity contribution in [2.45, 2.75) is 19.3 Å². The molecule has 0 bridgehead atoms. The zero-order valence-electron chi connectivity index (χ0n) is 15.3. The van der Waals surface area contributed by atoms with E-state index in [0.717, 1.165) is 55.1 Å². The number of nitrogens with zero attached hydrogens (tertiary/aromatic N) is 3. The van der Waals surface area contributed by atoms with E-state index in [9.17, 15) is 4.79 Å². The quantitative estimate of drug-likeness (QED) is 0.751. The lowest BCUT2D eigenvalue weighted by atomic mass is 10.2. The van der Waals surface area contributed by atoms with Crippen molar-refractivity contribution < 1.29 is 4.79 Å². The summed E-state index contributed by atoms with van der Waals surface area (Å²) in [6.45, 7) is 3.52. The summed E-state index contributed by atoms with van der Waals surface area (Å²) in [5, 5.41) is 3.34. The Bertz CT molecular complexity index is 886. The summed E-state index contributed by atoms with van der Waals surface area (Å²) in [7, 11) is 0. The van der Waals surface area contributed by atoms with Gasteiger partial charge in [0.15, 0.2) is 0 Å². The summed E-state index contributed by atoms with van der Waals surface area (Å²) in [5.74, 6) is 1.17. The van der Waals surface area contributed by atoms with Gasteiger partial charge in [-0.05, 0) is 37.2 Å². The summed E-state index contributed by atoms with van der Waals surface area (Å²) in [6, 6.07) is 18.4. The van der Waals surface area contributed by atoms with Crippen molar-refractivity contribution in [3.63, 3.8) is 0 Å². The minimum Gasteiger partial charge on any atom is -0.341 e. The number of carbonyl (C=O) groups excluding carboxylic acids is 1. The molecule has 142 valence electrons. The lowest BCUT2D eigenvalue weighted by Crippen LogP contribution is -2.34. The fraction of sp³-hybridized carbons (Fsp3) is 0.333. The molecular formula is C21H25ClN4O. The number of benzene rings is 2. The van der Waals surface area contributed by atoms with Crippen molar-refractivity contribution >= 4 is 29.3 Å². The lowest BCUT2D eigenvalue weighted by Gasteiger charge is -2.20. The minimum atomic E-state index is 0. The van der Waals surface area contributed by atoms with E-state index in [4.69, 9.17) is 4.98 Å². The Morgan fingerprint density at radius 2 is 1.78 bits per heavy atom. The molecule has 1 aliphatic rings. The largest absolute Gasteiger partial charge is 0.341 e. The van der Waals surface area contributed by atoms with Crippen LogP contribution < -0.4 is 5.32 Å². The van der Waals surface area contributed by atoms with Gasteiger partial charge in [-0.3, -0.25) is 9.36 Å². The molecule has 2 heterocycles. The van der Waals surface area contributed by atoms with Gasteiger partial charge in [-0.1, -0.05) is 30.3 Å². The molecule has 1 amide bonds. The average Bonchev–Trinajstić information content (AvgIpc) is 2.85. The Morgan fingerprint density at radius 1 is 1.00 bits per heavy atom. The molecule has 0 radical (unpaired) electrons. The predicted octanol–water partition coefficient (Wildman–Crippen LogP) is 3.20. The number of carbonyl (C=O) groups is 1. The molecule has 3 aromatic rings. The van der Waals surface area contributed by atoms with Gasteiger partial charge >= 0.3 is 0 Å². The number of amides is 1. The number of rotatable bonds is 4. The molecule has 1 aliphatic heterocycles. The maximum absolute atomic E-state index is 12.6. The van der Waals surface area contributed by atoms with E-state index in [0.29, 0.717) is 12.8 Å². The van der Waals surface area contributed by atoms with Gasteiger partial charge in [0.1, 0.15) is 5.82 Å². The lowest BCUT2D eigenvalue weighted by molar-refractivity contribution is -0.131. The molecule has 1 fully saturated rings. The highest BCUT2D eigenvalue weighted by Gasteiger charge is 2.18. The highest BCUT2D eigenvalue weighted by molar-refractivity contribution is 5.85. The van der Waals surface area contributed by atoms with Crippen LogP contribution in [-0.4, -0.2) is 46.5 Å². The molecule has 6 heteroatoms. The first-order valence-corrected chi connectivity index (χ1v) is 9.33. The third-order valence-electron chi connectivity index (χ3n) is 4.90. The summed E-state index contributed by atoms with van der Waals surface area (Å²) in [5.41, 5.74) is 3.14. The van der Waals surface area contributed by atoms with Gasteiger partial charge in [-0.25, -0.2) is 4.98 Å². The summed E-state index contributed by atoms with van der Waals surface area (Å²) < 4.78 is 2.17. The Hall–Kier alpha value is -2.37. The van der Waals surface area contributed by atoms with E-state index in [2.05, 4.69) is 28.1 Å². The molecule has 1 aromatic heterocycles. The topological polar surface area (TPSA) is 50.2 Å². The second kappa shape index (κ2) is 9.02. The monoisotopic (exact) mass is 384 g/mol. The molecule has 0 spiro atoms. The zero-order chi connectivity index (χ0) is 17.8. The first-order valence-electron chi connectivity index (χ1n) is 9.33. The molecular weight excluding hydrogens is 360 g/mol. The van der Waals surface area contributed by atoms with Crippen LogP contribution in [0.2, 0.25) is 0 Å². The normalized spacial score (nSPS) is 14.6. The fourth-order valence-corrected chi connectivity index (χ4v) is 3.58. The number of aryl methyl sites for hydroxylation is 1. The molecule has 0 saturated carbocycles. The Balaban J connectivity index is 0.00000210. The van der Waals surface area contributed by atoms with Crippen LogP contribution in [0.15, 0.2) is 54.6 Å². The second-order valence-electron chi connectivity index (χ2n) is 6.67. The highest BCUT2D eigenvalue weighted by atomic mass is 35.5. The van der Waals surface area contributed by atoms with Crippen LogP contribution >= 0.6 is 12.4 Å². The van der Waals surface area contributed by atoms with Crippen LogP contribution in [0.5, 0.6) is 0 Å². The fourth-order valence-electron chi connectivity index (χ4n) is 3.58. The number of imidazole rings is 1. The molecule has 0 unspecified atom stereocenters. The average molecular weight is 385 g/mol. The van der Waals surface area contributed by atoms with Gasteiger partial charge in [0, 0.05) is 38.2 Å². The molecule has 0 aliphatic carbocycles. The van der Waals surface area contributed by atoms with E-state index in [1.54, 1.807) is 0 Å². The number of para-hydroxylation sites is 3. The van der Waals surface area contributed by atoms with E-state index in [-0.39, 0.29) is 18.3 Å². The summed E-state index contributed by atoms with van der Waals surface area (Å²) in [4.78, 5) is 19.4. The number of fused-ring (bicyclic) bond motifs is 1. The maximum atomic E-state index is 12.6. The van der Waals surface area contributed by atoms with Gasteiger partial charge < -0.3 is 10.2 Å². The van der Waals surface area contributed by atoms with Crippen LogP contribution in [0.25, 0.3) is 16.7 Å². The van der Waals surface area contributed by atoms with Gasteiger partial charge in [0.25, 0.3) is 0 Å². The standard InChI is InChI=1S/C21H24N4O.ClH/c26-21(24-15-6-13-22-14-16-24)12-11-20-23-18-9-4-5-10-19(18)25(20)17-7-2-1-3-8-17;/h1-5,7-10,22H,6,11-16H2;1H. The van der Waals surface area contributed by atoms with Crippen LogP contribution in [0, 0.1) is 0 Å². The number of hydrogen-bond acceptors (Lipinski definition) is 3. The Labute approximate surface area is 165 Å². The van der Waals surface area contributed by atoms with Gasteiger partial charge in [0.05, 0.1) is 11.0 Å². The van der Waals surface area contributed by atoms with Crippen LogP contribution in [0.1, 0.15) is 18.7 Å². The van der Waals surface area contributed by atoms with Gasteiger partial charge in [-0.15, -0.1) is 12.4 Å². The van der Waals surface area contributed by atoms with Crippen molar-refractivity contribution in [1.29, 1.82) is 0 Å². The SMILES string of the molecule is Cl.O=C(CCc1nc2ccccc2n1-c1ccccc1)N1CCCNCC1. The van der Waals surface area contributed by atoms with Crippen molar-refractivity contribution in [3.8, 4) is 5.69 Å². The third kappa shape index (κ3) is 4.31. The van der Waals surface area contributed by atoms with Gasteiger partial charge in [0.2, 0.25) is 5.91 Å². The number of aromatic nitrogens is 2. The first kappa shape index (κ1) is 19.4. The summed E-state index contributed by atoms with van der Waals surface area (Å²) >= 11 is 0. The molecule has 0 atom stereocenters. The van der Waals surface area contributed by atoms with Crippen molar-refractivity contribution in [1.82, 2.24) is 19.8 Å². The van der Waals surface area contributed by atoms with E-state index in [1.807, 2.05) is 41.3 Å². The van der Waals surface area contributed by atoms with Crippen molar-refractivity contribution in [2.75, 3.05) is 26.2 Å². The number of hydrogen-bond donors (Lipinski definition) is 1. The van der Waals surface area contributed by atoms with Crippen LogP contribution in [-0.2, 0) is 11.2 Å². The first-order chi connectivity index (χ1) is 12.8. The highest BCUT2D eigenvalue weighted by Crippen LogP contribution is 2.22. The molecule has 5 nitrogen and oxygen atoms in total. The Morgan fingerprint density at radius 3 is 2.63 bits per heavy atom. The predicted molar refractivity (Wildman–Crippen MR) is 111 cm³/mol. The zero-order valence-corrected chi connectivity index (χ0v) is 16.1. The van der Waals surface area contributed by atoms with E-state index < -0.39 is 0 Å². The molecule has 1 N–H and O–H groups in total. The maximum Gasteiger partial charge on any atom is 0.223 e. The van der Waals surface area contributed by atoms with E-state index >= 15 is 0 Å².